The highest BCUT2D eigenvalue weighted by Crippen LogP contribution is 2.00. The molecular weight excluding hydrogens is 204 g/mol. The van der Waals surface area contributed by atoms with Gasteiger partial charge in [0.1, 0.15) is 13.4 Å². The molecule has 0 fully saturated rings. The van der Waals surface area contributed by atoms with E-state index < -0.39 is 0 Å². The fourth-order valence-electron chi connectivity index (χ4n) is 1.03. The maximum Gasteiger partial charge on any atom is 0.395 e. The molecule has 0 aromatic heterocycles. The third-order valence-corrected chi connectivity index (χ3v) is 2.09. The van der Waals surface area contributed by atoms with Gasteiger partial charge in [-0.25, -0.2) is 4.79 Å². The molecule has 0 aliphatic carbocycles. The van der Waals surface area contributed by atoms with E-state index in [2.05, 4.69) is 5.23 Å². The summed E-state index contributed by atoms with van der Waals surface area (Å²) in [6.45, 7) is 10.3. The van der Waals surface area contributed by atoms with E-state index in [0.29, 0.717) is 13.0 Å². The zero-order valence-electron chi connectivity index (χ0n) is 10.9. The SMILES string of the molecule is C[B]C(C)OCCC(C)OC(=O)NB(C)C. The van der Waals surface area contributed by atoms with Crippen LogP contribution in [0.4, 0.5) is 4.79 Å². The standard InChI is InChI=1S/C10H22B2NO3/c1-8(6-7-15-9(2)11-3)16-10(14)13-12(4)5/h8-9H,6-7H2,1-5H3,(H,13,14). The van der Waals surface area contributed by atoms with Gasteiger partial charge in [0.25, 0.3) is 6.85 Å². The highest BCUT2D eigenvalue weighted by Gasteiger charge is 2.11. The van der Waals surface area contributed by atoms with E-state index >= 15 is 0 Å². The van der Waals surface area contributed by atoms with Crippen molar-refractivity contribution in [1.29, 1.82) is 0 Å². The van der Waals surface area contributed by atoms with Crippen molar-refractivity contribution in [2.24, 2.45) is 0 Å². The number of carbonyl (C=O) groups excluding carboxylic acids is 1. The van der Waals surface area contributed by atoms with Crippen LogP contribution in [0.25, 0.3) is 0 Å². The zero-order chi connectivity index (χ0) is 12.6. The summed E-state index contributed by atoms with van der Waals surface area (Å²) in [5, 5.41) is 2.68. The molecule has 16 heavy (non-hydrogen) atoms. The predicted octanol–water partition coefficient (Wildman–Crippen LogP) is 1.86. The Morgan fingerprint density at radius 2 is 2.06 bits per heavy atom. The summed E-state index contributed by atoms with van der Waals surface area (Å²) in [6.07, 6.45) is 0.226. The molecule has 0 aliphatic rings. The summed E-state index contributed by atoms with van der Waals surface area (Å²) in [6, 6.07) is 0.150. The Balaban J connectivity index is 3.58. The predicted molar refractivity (Wildman–Crippen MR) is 68.2 cm³/mol. The molecule has 0 spiro atoms. The summed E-state index contributed by atoms with van der Waals surface area (Å²) < 4.78 is 10.6. The average Bonchev–Trinajstić information content (AvgIpc) is 2.15. The van der Waals surface area contributed by atoms with Crippen LogP contribution in [0.3, 0.4) is 0 Å². The van der Waals surface area contributed by atoms with Crippen LogP contribution in [-0.2, 0) is 9.47 Å². The van der Waals surface area contributed by atoms with Crippen LogP contribution in [0.2, 0.25) is 20.5 Å². The van der Waals surface area contributed by atoms with Gasteiger partial charge in [-0.15, -0.1) is 0 Å². The Morgan fingerprint density at radius 1 is 1.44 bits per heavy atom. The van der Waals surface area contributed by atoms with Gasteiger partial charge in [-0.2, -0.15) is 0 Å². The lowest BCUT2D eigenvalue weighted by atomic mass is 9.69. The molecule has 0 saturated heterocycles. The molecule has 1 N–H and O–H groups in total. The summed E-state index contributed by atoms with van der Waals surface area (Å²) in [4.78, 5) is 11.2. The monoisotopic (exact) mass is 226 g/mol. The molecular formula is C10H22B2NO3. The number of amides is 1. The van der Waals surface area contributed by atoms with Gasteiger partial charge in [0.15, 0.2) is 0 Å². The van der Waals surface area contributed by atoms with Crippen molar-refractivity contribution in [1.82, 2.24) is 5.23 Å². The van der Waals surface area contributed by atoms with Crippen LogP contribution in [-0.4, -0.2) is 38.9 Å². The van der Waals surface area contributed by atoms with E-state index in [1.165, 1.54) is 0 Å². The van der Waals surface area contributed by atoms with Gasteiger partial charge in [0.2, 0.25) is 0 Å². The van der Waals surface area contributed by atoms with E-state index in [4.69, 9.17) is 9.47 Å². The minimum absolute atomic E-state index is 0.102. The van der Waals surface area contributed by atoms with Crippen LogP contribution in [0.5, 0.6) is 0 Å². The largest absolute Gasteiger partial charge is 0.447 e. The molecule has 2 atom stereocenters. The molecule has 0 heterocycles. The molecule has 1 radical (unpaired) electrons. The van der Waals surface area contributed by atoms with Gasteiger partial charge >= 0.3 is 6.09 Å². The Hall–Kier alpha value is -0.640. The molecule has 91 valence electrons. The second kappa shape index (κ2) is 8.50. The highest BCUT2D eigenvalue weighted by atomic mass is 16.6. The van der Waals surface area contributed by atoms with Gasteiger partial charge in [0.05, 0.1) is 0 Å². The van der Waals surface area contributed by atoms with Crippen LogP contribution < -0.4 is 5.23 Å². The molecule has 2 unspecified atom stereocenters. The quantitative estimate of drug-likeness (QED) is 0.673. The third kappa shape index (κ3) is 8.65. The minimum atomic E-state index is -0.363. The van der Waals surface area contributed by atoms with Crippen molar-refractivity contribution < 1.29 is 14.3 Å². The second-order valence-corrected chi connectivity index (χ2v) is 4.21. The summed E-state index contributed by atoms with van der Waals surface area (Å²) in [7, 11) is 1.98. The van der Waals surface area contributed by atoms with E-state index in [-0.39, 0.29) is 25.0 Å². The lowest BCUT2D eigenvalue weighted by Gasteiger charge is -2.16. The van der Waals surface area contributed by atoms with E-state index in [1.807, 2.05) is 41.6 Å². The number of hydrogen-bond acceptors (Lipinski definition) is 3. The highest BCUT2D eigenvalue weighted by molar-refractivity contribution is 6.55. The van der Waals surface area contributed by atoms with Gasteiger partial charge in [-0.1, -0.05) is 20.5 Å². The first-order chi connectivity index (χ1) is 7.45. The smallest absolute Gasteiger partial charge is 0.395 e. The molecule has 0 rings (SSSR count). The van der Waals surface area contributed by atoms with Gasteiger partial charge in [-0.05, 0) is 13.8 Å². The van der Waals surface area contributed by atoms with Crippen LogP contribution >= 0.6 is 0 Å². The second-order valence-electron chi connectivity index (χ2n) is 4.21. The van der Waals surface area contributed by atoms with Gasteiger partial charge in [-0.3, -0.25) is 0 Å². The first kappa shape index (κ1) is 15.4. The molecule has 1 amide bonds. The van der Waals surface area contributed by atoms with Crippen molar-refractivity contribution in [3.05, 3.63) is 0 Å². The van der Waals surface area contributed by atoms with Crippen LogP contribution in [0.15, 0.2) is 0 Å². The topological polar surface area (TPSA) is 47.6 Å². The molecule has 4 nitrogen and oxygen atoms in total. The average molecular weight is 226 g/mol. The van der Waals surface area contributed by atoms with Gasteiger partial charge < -0.3 is 14.7 Å². The number of rotatable bonds is 7. The summed E-state index contributed by atoms with van der Waals surface area (Å²) >= 11 is 0. The number of nitrogens with one attached hydrogen (secondary N) is 1. The number of hydrogen-bond donors (Lipinski definition) is 1. The fraction of sp³-hybridized carbons (Fsp3) is 0.900. The van der Waals surface area contributed by atoms with Crippen LogP contribution in [0.1, 0.15) is 20.3 Å². The maximum atomic E-state index is 11.2. The Kier molecular flexibility index (Phi) is 8.16. The van der Waals surface area contributed by atoms with Gasteiger partial charge in [0, 0.05) is 19.0 Å². The van der Waals surface area contributed by atoms with Crippen molar-refractivity contribution in [2.45, 2.75) is 52.8 Å². The summed E-state index contributed by atoms with van der Waals surface area (Å²) in [5.41, 5.74) is 0. The Morgan fingerprint density at radius 3 is 2.56 bits per heavy atom. The van der Waals surface area contributed by atoms with E-state index in [1.54, 1.807) is 0 Å². The van der Waals surface area contributed by atoms with Crippen molar-refractivity contribution in [2.75, 3.05) is 6.61 Å². The first-order valence-electron chi connectivity index (χ1n) is 5.84. The van der Waals surface area contributed by atoms with E-state index in [9.17, 15) is 4.79 Å². The fourth-order valence-corrected chi connectivity index (χ4v) is 1.03. The first-order valence-corrected chi connectivity index (χ1v) is 5.84. The minimum Gasteiger partial charge on any atom is -0.447 e. The van der Waals surface area contributed by atoms with Crippen molar-refractivity contribution >= 4 is 20.2 Å². The normalized spacial score (nSPS) is 13.8. The number of ether oxygens (including phenoxy) is 2. The molecule has 0 aromatic rings. The molecule has 6 heteroatoms. The lowest BCUT2D eigenvalue weighted by Crippen LogP contribution is -2.36. The molecule has 0 aliphatic heterocycles. The zero-order valence-corrected chi connectivity index (χ0v) is 10.9. The Labute approximate surface area is 99.8 Å². The lowest BCUT2D eigenvalue weighted by molar-refractivity contribution is 0.0618. The molecule has 0 aromatic carbocycles. The Bertz CT molecular complexity index is 203. The molecule has 0 bridgehead atoms. The maximum absolute atomic E-state index is 11.2. The summed E-state index contributed by atoms with van der Waals surface area (Å²) in [5.74, 6) is 0. The molecule has 0 saturated carbocycles. The number of carbonyl (C=O) groups is 1. The van der Waals surface area contributed by atoms with Crippen molar-refractivity contribution in [3.8, 4) is 0 Å². The van der Waals surface area contributed by atoms with E-state index in [0.717, 1.165) is 0 Å². The van der Waals surface area contributed by atoms with Crippen molar-refractivity contribution in [3.63, 3.8) is 0 Å². The van der Waals surface area contributed by atoms with Crippen LogP contribution in [0, 0.1) is 0 Å². The third-order valence-electron chi connectivity index (χ3n) is 2.09.